The summed E-state index contributed by atoms with van der Waals surface area (Å²) in [6.45, 7) is 0.180. The first-order valence-electron chi connectivity index (χ1n) is 12.0. The lowest BCUT2D eigenvalue weighted by atomic mass is 9.91. The van der Waals surface area contributed by atoms with E-state index in [0.717, 1.165) is 55.4 Å². The van der Waals surface area contributed by atoms with Crippen LogP contribution in [-0.2, 0) is 33.7 Å². The summed E-state index contributed by atoms with van der Waals surface area (Å²) >= 11 is 0. The van der Waals surface area contributed by atoms with Crippen molar-refractivity contribution in [2.24, 2.45) is 0 Å². The molecule has 1 aliphatic carbocycles. The molecule has 5 nitrogen and oxygen atoms in total. The van der Waals surface area contributed by atoms with E-state index in [9.17, 15) is 23.1 Å². The Kier molecular flexibility index (Phi) is 8.13. The molecule has 0 bridgehead atoms. The smallest absolute Gasteiger partial charge is 0.416 e. The van der Waals surface area contributed by atoms with E-state index in [0.29, 0.717) is 12.0 Å². The van der Waals surface area contributed by atoms with Crippen LogP contribution < -0.4 is 5.32 Å². The molecule has 1 heterocycles. The van der Waals surface area contributed by atoms with Crippen LogP contribution in [0, 0.1) is 0 Å². The van der Waals surface area contributed by atoms with E-state index >= 15 is 0 Å². The average Bonchev–Trinajstić information content (AvgIpc) is 2.88. The molecule has 0 unspecified atom stereocenters. The fourth-order valence-electron chi connectivity index (χ4n) is 4.50. The SMILES string of the molecule is O=C(NC1CCCCC1)C1=C[C@H](c2ccc(C(F)(F)F)cc2)C[C@H](OCc2ccc(CO)cc2)O1. The van der Waals surface area contributed by atoms with Gasteiger partial charge in [0.2, 0.25) is 6.29 Å². The Bertz CT molecular complexity index is 1010. The first kappa shape index (κ1) is 25.3. The number of alkyl halides is 3. The highest BCUT2D eigenvalue weighted by Crippen LogP contribution is 2.35. The van der Waals surface area contributed by atoms with Gasteiger partial charge >= 0.3 is 6.18 Å². The van der Waals surface area contributed by atoms with Crippen molar-refractivity contribution < 1.29 is 32.5 Å². The number of allylic oxidation sites excluding steroid dienone is 1. The van der Waals surface area contributed by atoms with Crippen molar-refractivity contribution in [2.75, 3.05) is 0 Å². The fourth-order valence-corrected chi connectivity index (χ4v) is 4.50. The van der Waals surface area contributed by atoms with E-state index < -0.39 is 18.0 Å². The van der Waals surface area contributed by atoms with E-state index in [1.807, 2.05) is 12.1 Å². The third kappa shape index (κ3) is 6.86. The lowest BCUT2D eigenvalue weighted by Crippen LogP contribution is -2.39. The second kappa shape index (κ2) is 11.3. The summed E-state index contributed by atoms with van der Waals surface area (Å²) in [6, 6.07) is 12.4. The fraction of sp³-hybridized carbons (Fsp3) is 0.444. The second-order valence-electron chi connectivity index (χ2n) is 9.13. The number of nitrogens with one attached hydrogen (secondary N) is 1. The molecule has 2 aliphatic rings. The van der Waals surface area contributed by atoms with Crippen LogP contribution in [0.4, 0.5) is 13.2 Å². The maximum atomic E-state index is 13.0. The van der Waals surface area contributed by atoms with Crippen molar-refractivity contribution in [2.45, 2.75) is 76.2 Å². The number of rotatable bonds is 7. The number of halogens is 3. The molecule has 1 aliphatic heterocycles. The zero-order chi connectivity index (χ0) is 24.8. The standard InChI is InChI=1S/C27H30F3NO4/c28-27(29,30)22-12-10-20(11-13-22)21-14-24(26(33)31-23-4-2-1-3-5-23)35-25(15-21)34-17-19-8-6-18(16-32)7-9-19/h6-14,21,23,25,32H,1-5,15-17H2,(H,31,33)/t21-,25+/m0/s1. The average molecular weight is 490 g/mol. The molecular formula is C27H30F3NO4. The first-order chi connectivity index (χ1) is 16.8. The molecule has 2 N–H and O–H groups in total. The molecule has 8 heteroatoms. The lowest BCUT2D eigenvalue weighted by molar-refractivity contribution is -0.150. The van der Waals surface area contributed by atoms with Gasteiger partial charge in [-0.15, -0.1) is 0 Å². The van der Waals surface area contributed by atoms with Crippen LogP contribution in [0.15, 0.2) is 60.4 Å². The number of carbonyl (C=O) groups excluding carboxylic acids is 1. The molecule has 4 rings (SSSR count). The molecule has 0 spiro atoms. The maximum absolute atomic E-state index is 13.0. The molecule has 2 aromatic carbocycles. The predicted octanol–water partition coefficient (Wildman–Crippen LogP) is 5.58. The van der Waals surface area contributed by atoms with Crippen LogP contribution in [-0.4, -0.2) is 23.3 Å². The summed E-state index contributed by atoms with van der Waals surface area (Å²) in [5, 5.41) is 12.2. The number of carbonyl (C=O) groups is 1. The van der Waals surface area contributed by atoms with E-state index in [2.05, 4.69) is 5.32 Å². The van der Waals surface area contributed by atoms with Crippen molar-refractivity contribution in [1.82, 2.24) is 5.32 Å². The highest BCUT2D eigenvalue weighted by Gasteiger charge is 2.32. The van der Waals surface area contributed by atoms with Crippen LogP contribution in [0.5, 0.6) is 0 Å². The van der Waals surface area contributed by atoms with Crippen molar-refractivity contribution in [3.8, 4) is 0 Å². The summed E-state index contributed by atoms with van der Waals surface area (Å²) < 4.78 is 50.9. The van der Waals surface area contributed by atoms with Crippen LogP contribution in [0.1, 0.15) is 66.7 Å². The largest absolute Gasteiger partial charge is 0.459 e. The Morgan fingerprint density at radius 3 is 2.29 bits per heavy atom. The van der Waals surface area contributed by atoms with Gasteiger partial charge in [0.25, 0.3) is 5.91 Å². The number of benzene rings is 2. The molecule has 0 aromatic heterocycles. The molecule has 0 saturated heterocycles. The lowest BCUT2D eigenvalue weighted by Gasteiger charge is -2.31. The van der Waals surface area contributed by atoms with Crippen LogP contribution in [0.25, 0.3) is 0 Å². The highest BCUT2D eigenvalue weighted by molar-refractivity contribution is 5.92. The third-order valence-corrected chi connectivity index (χ3v) is 6.53. The zero-order valence-corrected chi connectivity index (χ0v) is 19.4. The molecule has 1 amide bonds. The van der Waals surface area contributed by atoms with E-state index in [-0.39, 0.29) is 36.8 Å². The monoisotopic (exact) mass is 489 g/mol. The predicted molar refractivity (Wildman–Crippen MR) is 124 cm³/mol. The van der Waals surface area contributed by atoms with E-state index in [1.54, 1.807) is 18.2 Å². The van der Waals surface area contributed by atoms with Gasteiger partial charge in [-0.1, -0.05) is 55.7 Å². The summed E-state index contributed by atoms with van der Waals surface area (Å²) in [7, 11) is 0. The molecule has 35 heavy (non-hydrogen) atoms. The van der Waals surface area contributed by atoms with Crippen molar-refractivity contribution in [1.29, 1.82) is 0 Å². The van der Waals surface area contributed by atoms with Gasteiger partial charge in [0, 0.05) is 18.4 Å². The number of ether oxygens (including phenoxy) is 2. The molecule has 1 fully saturated rings. The zero-order valence-electron chi connectivity index (χ0n) is 19.4. The highest BCUT2D eigenvalue weighted by atomic mass is 19.4. The van der Waals surface area contributed by atoms with Gasteiger partial charge in [-0.05, 0) is 47.7 Å². The Hall–Kier alpha value is -2.84. The van der Waals surface area contributed by atoms with Crippen molar-refractivity contribution >= 4 is 5.91 Å². The van der Waals surface area contributed by atoms with Crippen LogP contribution in [0.2, 0.25) is 0 Å². The van der Waals surface area contributed by atoms with Crippen LogP contribution in [0.3, 0.4) is 0 Å². The van der Waals surface area contributed by atoms with Gasteiger partial charge in [0.1, 0.15) is 0 Å². The van der Waals surface area contributed by atoms with Gasteiger partial charge in [-0.25, -0.2) is 0 Å². The third-order valence-electron chi connectivity index (χ3n) is 6.53. The Morgan fingerprint density at radius 2 is 1.66 bits per heavy atom. The number of hydrogen-bond acceptors (Lipinski definition) is 4. The Labute approximate surface area is 202 Å². The minimum Gasteiger partial charge on any atom is -0.459 e. The molecule has 1 saturated carbocycles. The minimum atomic E-state index is -4.41. The molecule has 2 aromatic rings. The van der Waals surface area contributed by atoms with E-state index in [1.165, 1.54) is 12.1 Å². The number of amides is 1. The topological polar surface area (TPSA) is 67.8 Å². The quantitative estimate of drug-likeness (QED) is 0.533. The van der Waals surface area contributed by atoms with E-state index in [4.69, 9.17) is 9.47 Å². The van der Waals surface area contributed by atoms with Crippen molar-refractivity contribution in [3.05, 3.63) is 82.6 Å². The molecular weight excluding hydrogens is 459 g/mol. The number of aliphatic hydroxyl groups excluding tert-OH is 1. The molecule has 188 valence electrons. The van der Waals surface area contributed by atoms with Gasteiger partial charge < -0.3 is 19.9 Å². The van der Waals surface area contributed by atoms with Gasteiger partial charge in [-0.3, -0.25) is 4.79 Å². The van der Waals surface area contributed by atoms with Gasteiger partial charge in [-0.2, -0.15) is 13.2 Å². The summed E-state index contributed by atoms with van der Waals surface area (Å²) in [5.74, 6) is -0.526. The van der Waals surface area contributed by atoms with Gasteiger partial charge in [0.05, 0.1) is 18.8 Å². The summed E-state index contributed by atoms with van der Waals surface area (Å²) in [6.07, 6.45) is 2.03. The summed E-state index contributed by atoms with van der Waals surface area (Å²) in [4.78, 5) is 13.0. The van der Waals surface area contributed by atoms with Gasteiger partial charge in [0.15, 0.2) is 5.76 Å². The summed E-state index contributed by atoms with van der Waals surface area (Å²) in [5.41, 5.74) is 1.60. The number of hydrogen-bond donors (Lipinski definition) is 2. The maximum Gasteiger partial charge on any atom is 0.416 e. The van der Waals surface area contributed by atoms with Crippen LogP contribution >= 0.6 is 0 Å². The minimum absolute atomic E-state index is 0.0497. The second-order valence-corrected chi connectivity index (χ2v) is 9.13. The first-order valence-corrected chi connectivity index (χ1v) is 12.0. The normalized spacial score (nSPS) is 21.2. The van der Waals surface area contributed by atoms with Crippen molar-refractivity contribution in [3.63, 3.8) is 0 Å². The molecule has 0 radical (unpaired) electrons. The Morgan fingerprint density at radius 1 is 1.00 bits per heavy atom. The molecule has 2 atom stereocenters. The Balaban J connectivity index is 1.49. The number of aliphatic hydroxyl groups is 1.